The molecule has 1 fully saturated rings. The molecular formula is C20H31N5O2S. The van der Waals surface area contributed by atoms with Crippen molar-refractivity contribution in [3.63, 3.8) is 0 Å². The molecule has 154 valence electrons. The Morgan fingerprint density at radius 3 is 2.32 bits per heavy atom. The Kier molecular flexibility index (Phi) is 6.42. The minimum atomic E-state index is -3.28. The zero-order chi connectivity index (χ0) is 20.3. The molecule has 28 heavy (non-hydrogen) atoms. The molecule has 0 N–H and O–H groups in total. The van der Waals surface area contributed by atoms with Crippen LogP contribution >= 0.6 is 0 Å². The average molecular weight is 406 g/mol. The van der Waals surface area contributed by atoms with Gasteiger partial charge in [-0.05, 0) is 32.5 Å². The summed E-state index contributed by atoms with van der Waals surface area (Å²) < 4.78 is 28.2. The van der Waals surface area contributed by atoms with Crippen LogP contribution in [0.1, 0.15) is 24.6 Å². The summed E-state index contributed by atoms with van der Waals surface area (Å²) in [7, 11) is -1.15. The maximum absolute atomic E-state index is 12.3. The minimum absolute atomic E-state index is 0.354. The number of anilines is 1. The number of aryl methyl sites for hydroxylation is 1. The highest BCUT2D eigenvalue weighted by atomic mass is 32.2. The van der Waals surface area contributed by atoms with Gasteiger partial charge in [0, 0.05) is 44.8 Å². The Morgan fingerprint density at radius 2 is 1.75 bits per heavy atom. The molecule has 1 saturated heterocycles. The number of aromatic nitrogens is 2. The van der Waals surface area contributed by atoms with Crippen LogP contribution in [0.5, 0.6) is 0 Å². The summed E-state index contributed by atoms with van der Waals surface area (Å²) in [6.45, 7) is 8.58. The molecule has 3 rings (SSSR count). The van der Waals surface area contributed by atoms with Crippen LogP contribution in [0.2, 0.25) is 0 Å². The summed E-state index contributed by atoms with van der Waals surface area (Å²) in [5.74, 6) is 1.02. The first-order valence-corrected chi connectivity index (χ1v) is 11.7. The molecule has 2 aromatic rings. The average Bonchev–Trinajstić information content (AvgIpc) is 2.98. The number of sulfonamides is 1. The van der Waals surface area contributed by atoms with E-state index < -0.39 is 10.0 Å². The molecule has 7 nitrogen and oxygen atoms in total. The summed E-state index contributed by atoms with van der Waals surface area (Å²) in [5.41, 5.74) is 2.86. The Hall–Kier alpha value is -1.90. The zero-order valence-corrected chi connectivity index (χ0v) is 18.1. The van der Waals surface area contributed by atoms with Crippen LogP contribution in [-0.2, 0) is 16.6 Å². The SMILES string of the molecule is CCCN(Cc1c(C)nn(-c2ccccc2)c1N1CCN(C)CC1)S(C)(=O)=O. The predicted octanol–water partition coefficient (Wildman–Crippen LogP) is 2.10. The van der Waals surface area contributed by atoms with Crippen molar-refractivity contribution in [2.24, 2.45) is 0 Å². The topological polar surface area (TPSA) is 61.7 Å². The van der Waals surface area contributed by atoms with Crippen LogP contribution in [0.25, 0.3) is 5.69 Å². The summed E-state index contributed by atoms with van der Waals surface area (Å²) in [6.07, 6.45) is 2.07. The number of likely N-dealkylation sites (N-methyl/N-ethyl adjacent to an activating group) is 1. The Balaban J connectivity index is 2.07. The third-order valence-electron chi connectivity index (χ3n) is 5.24. The lowest BCUT2D eigenvalue weighted by Crippen LogP contribution is -2.45. The number of hydrogen-bond donors (Lipinski definition) is 0. The first kappa shape index (κ1) is 20.8. The largest absolute Gasteiger partial charge is 0.354 e. The van der Waals surface area contributed by atoms with Crippen molar-refractivity contribution in [1.29, 1.82) is 0 Å². The van der Waals surface area contributed by atoms with E-state index in [1.54, 1.807) is 4.31 Å². The molecule has 1 aromatic carbocycles. The molecule has 0 saturated carbocycles. The first-order chi connectivity index (χ1) is 13.3. The second-order valence-corrected chi connectivity index (χ2v) is 9.50. The molecule has 0 bridgehead atoms. The number of piperazine rings is 1. The van der Waals surface area contributed by atoms with Gasteiger partial charge in [-0.1, -0.05) is 25.1 Å². The summed E-state index contributed by atoms with van der Waals surface area (Å²) in [4.78, 5) is 4.65. The van der Waals surface area contributed by atoms with Gasteiger partial charge in [0.25, 0.3) is 0 Å². The van der Waals surface area contributed by atoms with E-state index in [4.69, 9.17) is 5.10 Å². The van der Waals surface area contributed by atoms with Crippen molar-refractivity contribution in [3.05, 3.63) is 41.6 Å². The number of hydrogen-bond acceptors (Lipinski definition) is 5. The molecule has 0 unspecified atom stereocenters. The smallest absolute Gasteiger partial charge is 0.211 e. The molecule has 0 amide bonds. The molecule has 8 heteroatoms. The number of nitrogens with zero attached hydrogens (tertiary/aromatic N) is 5. The summed E-state index contributed by atoms with van der Waals surface area (Å²) in [6, 6.07) is 10.1. The van der Waals surface area contributed by atoms with Gasteiger partial charge in [0.05, 0.1) is 17.6 Å². The number of rotatable bonds is 7. The van der Waals surface area contributed by atoms with Gasteiger partial charge in [0.2, 0.25) is 10.0 Å². The van der Waals surface area contributed by atoms with Crippen molar-refractivity contribution in [2.45, 2.75) is 26.8 Å². The highest BCUT2D eigenvalue weighted by Gasteiger charge is 2.27. The second kappa shape index (κ2) is 8.63. The van der Waals surface area contributed by atoms with Crippen molar-refractivity contribution in [3.8, 4) is 5.69 Å². The van der Waals surface area contributed by atoms with Gasteiger partial charge in [-0.15, -0.1) is 0 Å². The van der Waals surface area contributed by atoms with Crippen molar-refractivity contribution in [1.82, 2.24) is 19.0 Å². The number of para-hydroxylation sites is 1. The van der Waals surface area contributed by atoms with Crippen molar-refractivity contribution >= 4 is 15.8 Å². The zero-order valence-electron chi connectivity index (χ0n) is 17.3. The van der Waals surface area contributed by atoms with Gasteiger partial charge >= 0.3 is 0 Å². The summed E-state index contributed by atoms with van der Waals surface area (Å²) in [5, 5.41) is 4.81. The fraction of sp³-hybridized carbons (Fsp3) is 0.550. The van der Waals surface area contributed by atoms with E-state index in [0.717, 1.165) is 55.4 Å². The highest BCUT2D eigenvalue weighted by Crippen LogP contribution is 2.30. The van der Waals surface area contributed by atoms with E-state index in [9.17, 15) is 8.42 Å². The normalized spacial score (nSPS) is 16.1. The maximum atomic E-state index is 12.3. The molecule has 0 spiro atoms. The molecule has 1 aliphatic heterocycles. The summed E-state index contributed by atoms with van der Waals surface area (Å²) >= 11 is 0. The van der Waals surface area contributed by atoms with E-state index >= 15 is 0 Å². The Morgan fingerprint density at radius 1 is 1.11 bits per heavy atom. The van der Waals surface area contributed by atoms with E-state index in [0.29, 0.717) is 13.1 Å². The van der Waals surface area contributed by atoms with E-state index in [2.05, 4.69) is 16.8 Å². The van der Waals surface area contributed by atoms with Crippen LogP contribution in [0.15, 0.2) is 30.3 Å². The monoisotopic (exact) mass is 405 g/mol. The van der Waals surface area contributed by atoms with Crippen LogP contribution in [0.4, 0.5) is 5.82 Å². The lowest BCUT2D eigenvalue weighted by molar-refractivity contribution is 0.310. The Bertz CT molecular complexity index is 887. The van der Waals surface area contributed by atoms with Crippen LogP contribution < -0.4 is 4.90 Å². The van der Waals surface area contributed by atoms with Gasteiger partial charge in [-0.2, -0.15) is 9.40 Å². The molecular weight excluding hydrogens is 374 g/mol. The van der Waals surface area contributed by atoms with Gasteiger partial charge in [-0.25, -0.2) is 13.1 Å². The molecule has 1 aliphatic rings. The molecule has 0 aliphatic carbocycles. The molecule has 0 atom stereocenters. The fourth-order valence-electron chi connectivity index (χ4n) is 3.61. The van der Waals surface area contributed by atoms with Crippen molar-refractivity contribution < 1.29 is 8.42 Å². The molecule has 0 radical (unpaired) electrons. The van der Waals surface area contributed by atoms with Gasteiger partial charge in [-0.3, -0.25) is 0 Å². The van der Waals surface area contributed by atoms with E-state index in [1.165, 1.54) is 6.26 Å². The van der Waals surface area contributed by atoms with E-state index in [1.807, 2.05) is 48.9 Å². The molecule has 2 heterocycles. The fourth-order valence-corrected chi connectivity index (χ4v) is 4.49. The predicted molar refractivity (Wildman–Crippen MR) is 114 cm³/mol. The van der Waals surface area contributed by atoms with E-state index in [-0.39, 0.29) is 0 Å². The standard InChI is InChI=1S/C20H31N5O2S/c1-5-11-24(28(4,26)27)16-19-17(2)21-25(18-9-7-6-8-10-18)20(19)23-14-12-22(3)13-15-23/h6-10H,5,11-16H2,1-4H3. The van der Waals surface area contributed by atoms with Gasteiger partial charge < -0.3 is 9.80 Å². The van der Waals surface area contributed by atoms with Crippen LogP contribution in [-0.4, -0.2) is 73.4 Å². The van der Waals surface area contributed by atoms with Gasteiger partial charge in [0.1, 0.15) is 5.82 Å². The Labute approximate surface area is 168 Å². The quantitative estimate of drug-likeness (QED) is 0.706. The minimum Gasteiger partial charge on any atom is -0.354 e. The molecule has 1 aromatic heterocycles. The number of benzene rings is 1. The third kappa shape index (κ3) is 4.56. The third-order valence-corrected chi connectivity index (χ3v) is 6.49. The lowest BCUT2D eigenvalue weighted by atomic mass is 10.2. The van der Waals surface area contributed by atoms with Crippen LogP contribution in [0, 0.1) is 6.92 Å². The lowest BCUT2D eigenvalue weighted by Gasteiger charge is -2.35. The van der Waals surface area contributed by atoms with Gasteiger partial charge in [0.15, 0.2) is 0 Å². The van der Waals surface area contributed by atoms with Crippen molar-refractivity contribution in [2.75, 3.05) is 50.9 Å². The van der Waals surface area contributed by atoms with Crippen LogP contribution in [0.3, 0.4) is 0 Å². The maximum Gasteiger partial charge on any atom is 0.211 e. The highest BCUT2D eigenvalue weighted by molar-refractivity contribution is 7.88. The first-order valence-electron chi connectivity index (χ1n) is 9.83. The second-order valence-electron chi connectivity index (χ2n) is 7.52.